The molecule has 1 aliphatic rings. The van der Waals surface area contributed by atoms with Gasteiger partial charge < -0.3 is 9.64 Å². The standard InChI is InChI=1S/C17H18BrNO3/c1-4-9-19-11(2)15(17(21)22-3)14(16(19)20)10-12-5-7-13(18)8-6-12/h5-8,10H,4,9H2,1-3H3/b14-10-. The first-order chi connectivity index (χ1) is 10.5. The van der Waals surface area contributed by atoms with Crippen LogP contribution in [-0.4, -0.2) is 30.4 Å². The number of hydrogen-bond donors (Lipinski definition) is 0. The highest BCUT2D eigenvalue weighted by molar-refractivity contribution is 9.10. The second kappa shape index (κ2) is 6.92. The summed E-state index contributed by atoms with van der Waals surface area (Å²) in [5.41, 5.74) is 2.25. The predicted molar refractivity (Wildman–Crippen MR) is 88.8 cm³/mol. The Balaban J connectivity index is 2.49. The summed E-state index contributed by atoms with van der Waals surface area (Å²) in [6.45, 7) is 4.36. The van der Waals surface area contributed by atoms with Crippen LogP contribution in [0.15, 0.2) is 45.6 Å². The summed E-state index contributed by atoms with van der Waals surface area (Å²) < 4.78 is 5.80. The van der Waals surface area contributed by atoms with E-state index in [1.807, 2.05) is 31.2 Å². The summed E-state index contributed by atoms with van der Waals surface area (Å²) in [4.78, 5) is 26.3. The lowest BCUT2D eigenvalue weighted by Gasteiger charge is -2.16. The molecule has 4 nitrogen and oxygen atoms in total. The summed E-state index contributed by atoms with van der Waals surface area (Å²) in [5.74, 6) is -0.629. The number of allylic oxidation sites excluding steroid dienone is 1. The van der Waals surface area contributed by atoms with Crippen LogP contribution < -0.4 is 0 Å². The van der Waals surface area contributed by atoms with Gasteiger partial charge in [-0.05, 0) is 37.1 Å². The zero-order chi connectivity index (χ0) is 16.3. The van der Waals surface area contributed by atoms with Crippen LogP contribution in [0.3, 0.4) is 0 Å². The number of esters is 1. The molecule has 0 radical (unpaired) electrons. The molecule has 1 aliphatic heterocycles. The fourth-order valence-corrected chi connectivity index (χ4v) is 2.71. The van der Waals surface area contributed by atoms with Crippen LogP contribution in [-0.2, 0) is 14.3 Å². The number of benzene rings is 1. The largest absolute Gasteiger partial charge is 0.465 e. The zero-order valence-electron chi connectivity index (χ0n) is 12.9. The Bertz CT molecular complexity index is 659. The molecular weight excluding hydrogens is 346 g/mol. The van der Waals surface area contributed by atoms with Crippen molar-refractivity contribution in [3.8, 4) is 0 Å². The van der Waals surface area contributed by atoms with Crippen molar-refractivity contribution >= 4 is 33.9 Å². The van der Waals surface area contributed by atoms with Crippen molar-refractivity contribution < 1.29 is 14.3 Å². The van der Waals surface area contributed by atoms with Gasteiger partial charge in [0, 0.05) is 16.7 Å². The van der Waals surface area contributed by atoms with E-state index in [0.29, 0.717) is 23.4 Å². The molecule has 1 amide bonds. The van der Waals surface area contributed by atoms with Gasteiger partial charge in [0.05, 0.1) is 18.3 Å². The number of nitrogens with zero attached hydrogens (tertiary/aromatic N) is 1. The Morgan fingerprint density at radius 1 is 1.32 bits per heavy atom. The zero-order valence-corrected chi connectivity index (χ0v) is 14.4. The normalized spacial score (nSPS) is 16.6. The van der Waals surface area contributed by atoms with Crippen molar-refractivity contribution in [2.75, 3.05) is 13.7 Å². The summed E-state index contributed by atoms with van der Waals surface area (Å²) in [6.07, 6.45) is 2.56. The van der Waals surface area contributed by atoms with Gasteiger partial charge in [0.2, 0.25) is 0 Å². The van der Waals surface area contributed by atoms with Gasteiger partial charge in [-0.2, -0.15) is 0 Å². The van der Waals surface area contributed by atoms with Crippen LogP contribution in [0.1, 0.15) is 25.8 Å². The Labute approximate surface area is 138 Å². The molecule has 5 heteroatoms. The number of carbonyl (C=O) groups is 2. The molecule has 0 aromatic heterocycles. The van der Waals surface area contributed by atoms with Crippen LogP contribution in [0.2, 0.25) is 0 Å². The molecule has 0 atom stereocenters. The molecular formula is C17H18BrNO3. The number of halogens is 1. The van der Waals surface area contributed by atoms with E-state index in [4.69, 9.17) is 4.74 Å². The SMILES string of the molecule is CCCN1C(=O)/C(=C\c2ccc(Br)cc2)C(C(=O)OC)=C1C. The summed E-state index contributed by atoms with van der Waals surface area (Å²) in [7, 11) is 1.33. The average molecular weight is 364 g/mol. The molecule has 0 spiro atoms. The molecule has 1 heterocycles. The average Bonchev–Trinajstić information content (AvgIpc) is 2.74. The van der Waals surface area contributed by atoms with Crippen molar-refractivity contribution in [3.05, 3.63) is 51.1 Å². The number of hydrogen-bond acceptors (Lipinski definition) is 3. The Morgan fingerprint density at radius 3 is 2.50 bits per heavy atom. The van der Waals surface area contributed by atoms with Gasteiger partial charge in [0.25, 0.3) is 5.91 Å². The third kappa shape index (κ3) is 3.14. The highest BCUT2D eigenvalue weighted by atomic mass is 79.9. The summed E-state index contributed by atoms with van der Waals surface area (Å²) >= 11 is 3.38. The van der Waals surface area contributed by atoms with E-state index in [2.05, 4.69) is 15.9 Å². The number of methoxy groups -OCH3 is 1. The van der Waals surface area contributed by atoms with Crippen LogP contribution in [0, 0.1) is 0 Å². The molecule has 0 saturated carbocycles. The van der Waals surface area contributed by atoms with Gasteiger partial charge in [-0.1, -0.05) is 35.0 Å². The Kier molecular flexibility index (Phi) is 5.19. The molecule has 0 bridgehead atoms. The minimum Gasteiger partial charge on any atom is -0.465 e. The van der Waals surface area contributed by atoms with Gasteiger partial charge in [-0.25, -0.2) is 4.79 Å². The van der Waals surface area contributed by atoms with Crippen molar-refractivity contribution in [1.29, 1.82) is 0 Å². The molecule has 2 rings (SSSR count). The van der Waals surface area contributed by atoms with Crippen LogP contribution in [0.5, 0.6) is 0 Å². The number of amides is 1. The first-order valence-corrected chi connectivity index (χ1v) is 7.87. The van der Waals surface area contributed by atoms with E-state index >= 15 is 0 Å². The second-order valence-corrected chi connectivity index (χ2v) is 5.93. The van der Waals surface area contributed by atoms with E-state index in [0.717, 1.165) is 16.5 Å². The summed E-state index contributed by atoms with van der Waals surface area (Å²) in [5, 5.41) is 0. The molecule has 0 unspecified atom stereocenters. The van der Waals surface area contributed by atoms with E-state index in [1.165, 1.54) is 7.11 Å². The quantitative estimate of drug-likeness (QED) is 0.607. The number of carbonyl (C=O) groups excluding carboxylic acids is 2. The maximum atomic E-state index is 12.6. The van der Waals surface area contributed by atoms with Crippen molar-refractivity contribution in [2.24, 2.45) is 0 Å². The van der Waals surface area contributed by atoms with Crippen LogP contribution in [0.25, 0.3) is 6.08 Å². The minimum atomic E-state index is -0.479. The maximum absolute atomic E-state index is 12.6. The fourth-order valence-electron chi connectivity index (χ4n) is 2.45. The Hall–Kier alpha value is -1.88. The number of ether oxygens (including phenoxy) is 1. The smallest absolute Gasteiger partial charge is 0.340 e. The molecule has 0 fully saturated rings. The predicted octanol–water partition coefficient (Wildman–Crippen LogP) is 3.53. The van der Waals surface area contributed by atoms with E-state index < -0.39 is 5.97 Å². The molecule has 22 heavy (non-hydrogen) atoms. The molecule has 1 aromatic rings. The van der Waals surface area contributed by atoms with Gasteiger partial charge >= 0.3 is 5.97 Å². The van der Waals surface area contributed by atoms with Gasteiger partial charge in [-0.15, -0.1) is 0 Å². The first kappa shape index (κ1) is 16.5. The third-order valence-corrected chi connectivity index (χ3v) is 4.06. The number of rotatable bonds is 4. The maximum Gasteiger partial charge on any atom is 0.340 e. The fraction of sp³-hybridized carbons (Fsp3) is 0.294. The summed E-state index contributed by atoms with van der Waals surface area (Å²) in [6, 6.07) is 7.56. The third-order valence-electron chi connectivity index (χ3n) is 3.53. The van der Waals surface area contributed by atoms with Crippen molar-refractivity contribution in [3.63, 3.8) is 0 Å². The van der Waals surface area contributed by atoms with Crippen LogP contribution >= 0.6 is 15.9 Å². The topological polar surface area (TPSA) is 46.6 Å². The minimum absolute atomic E-state index is 0.150. The first-order valence-electron chi connectivity index (χ1n) is 7.08. The second-order valence-electron chi connectivity index (χ2n) is 5.02. The van der Waals surface area contributed by atoms with E-state index in [-0.39, 0.29) is 5.91 Å². The van der Waals surface area contributed by atoms with E-state index in [1.54, 1.807) is 17.9 Å². The lowest BCUT2D eigenvalue weighted by atomic mass is 10.0. The lowest BCUT2D eigenvalue weighted by molar-refractivity contribution is -0.136. The van der Waals surface area contributed by atoms with Crippen molar-refractivity contribution in [2.45, 2.75) is 20.3 Å². The van der Waals surface area contributed by atoms with E-state index in [9.17, 15) is 9.59 Å². The van der Waals surface area contributed by atoms with Gasteiger partial charge in [0.1, 0.15) is 0 Å². The highest BCUT2D eigenvalue weighted by Crippen LogP contribution is 2.31. The lowest BCUT2D eigenvalue weighted by Crippen LogP contribution is -2.25. The molecule has 0 aliphatic carbocycles. The molecule has 0 saturated heterocycles. The highest BCUT2D eigenvalue weighted by Gasteiger charge is 2.36. The molecule has 116 valence electrons. The van der Waals surface area contributed by atoms with Crippen molar-refractivity contribution in [1.82, 2.24) is 4.90 Å². The van der Waals surface area contributed by atoms with Crippen LogP contribution in [0.4, 0.5) is 0 Å². The monoisotopic (exact) mass is 363 g/mol. The Morgan fingerprint density at radius 2 is 1.95 bits per heavy atom. The van der Waals surface area contributed by atoms with Gasteiger partial charge in [0.15, 0.2) is 0 Å². The molecule has 1 aromatic carbocycles. The van der Waals surface area contributed by atoms with Gasteiger partial charge in [-0.3, -0.25) is 4.79 Å². The molecule has 0 N–H and O–H groups in total.